The largest absolute Gasteiger partial charge is 0.355 e. The van der Waals surface area contributed by atoms with Gasteiger partial charge in [0.25, 0.3) is 0 Å². The molecule has 0 radical (unpaired) electrons. The van der Waals surface area contributed by atoms with E-state index < -0.39 is 0 Å². The summed E-state index contributed by atoms with van der Waals surface area (Å²) < 4.78 is 0. The van der Waals surface area contributed by atoms with Gasteiger partial charge in [-0.3, -0.25) is 14.4 Å². The first kappa shape index (κ1) is 12.5. The van der Waals surface area contributed by atoms with Gasteiger partial charge in [0.2, 0.25) is 17.7 Å². The summed E-state index contributed by atoms with van der Waals surface area (Å²) in [5.41, 5.74) is 0. The van der Waals surface area contributed by atoms with E-state index in [0.717, 1.165) is 0 Å². The van der Waals surface area contributed by atoms with E-state index in [1.54, 1.807) is 7.05 Å². The smallest absolute Gasteiger partial charge is 0.239 e. The molecule has 1 aliphatic heterocycles. The maximum Gasteiger partial charge on any atom is 0.239 e. The van der Waals surface area contributed by atoms with E-state index in [9.17, 15) is 14.4 Å². The van der Waals surface area contributed by atoms with Gasteiger partial charge in [-0.1, -0.05) is 0 Å². The molecule has 90 valence electrons. The Morgan fingerprint density at radius 1 is 1.56 bits per heavy atom. The average molecular weight is 227 g/mol. The topological polar surface area (TPSA) is 78.5 Å². The number of likely N-dealkylation sites (N-methyl/N-ethyl adjacent to an activating group) is 2. The monoisotopic (exact) mass is 227 g/mol. The fraction of sp³-hybridized carbons (Fsp3) is 0.700. The molecule has 16 heavy (non-hydrogen) atoms. The molecule has 1 heterocycles. The van der Waals surface area contributed by atoms with Crippen LogP contribution in [0.15, 0.2) is 0 Å². The zero-order chi connectivity index (χ0) is 12.1. The Bertz CT molecular complexity index is 304. The molecule has 0 aromatic rings. The third kappa shape index (κ3) is 3.22. The molecule has 0 spiro atoms. The highest BCUT2D eigenvalue weighted by Gasteiger charge is 2.30. The summed E-state index contributed by atoms with van der Waals surface area (Å²) in [6.45, 7) is 2.78. The minimum atomic E-state index is -0.327. The average Bonchev–Trinajstić information content (AvgIpc) is 2.64. The SMILES string of the molecule is CCNC(=O)CN(C)C(=O)C1CNC(=O)C1. The molecular weight excluding hydrogens is 210 g/mol. The first-order valence-corrected chi connectivity index (χ1v) is 5.33. The fourth-order valence-electron chi connectivity index (χ4n) is 1.64. The molecule has 1 rings (SSSR count). The van der Waals surface area contributed by atoms with Crippen molar-refractivity contribution in [1.82, 2.24) is 15.5 Å². The number of hydrogen-bond donors (Lipinski definition) is 2. The maximum absolute atomic E-state index is 11.8. The van der Waals surface area contributed by atoms with E-state index in [4.69, 9.17) is 0 Å². The molecule has 1 atom stereocenters. The van der Waals surface area contributed by atoms with Gasteiger partial charge in [-0.15, -0.1) is 0 Å². The van der Waals surface area contributed by atoms with Crippen molar-refractivity contribution in [2.75, 3.05) is 26.7 Å². The van der Waals surface area contributed by atoms with Gasteiger partial charge in [0.1, 0.15) is 0 Å². The summed E-state index contributed by atoms with van der Waals surface area (Å²) in [7, 11) is 1.57. The lowest BCUT2D eigenvalue weighted by Crippen LogP contribution is -2.41. The van der Waals surface area contributed by atoms with E-state index in [0.29, 0.717) is 13.1 Å². The molecule has 1 fully saturated rings. The quantitative estimate of drug-likeness (QED) is 0.627. The van der Waals surface area contributed by atoms with Crippen LogP contribution in [0.5, 0.6) is 0 Å². The third-order valence-electron chi connectivity index (χ3n) is 2.46. The summed E-state index contributed by atoms with van der Waals surface area (Å²) in [6.07, 6.45) is 0.221. The minimum absolute atomic E-state index is 0.0391. The van der Waals surface area contributed by atoms with Crippen LogP contribution in [0.4, 0.5) is 0 Å². The lowest BCUT2D eigenvalue weighted by molar-refractivity contribution is -0.138. The number of nitrogens with zero attached hydrogens (tertiary/aromatic N) is 1. The Kier molecular flexibility index (Phi) is 4.28. The lowest BCUT2D eigenvalue weighted by Gasteiger charge is -2.19. The normalized spacial score (nSPS) is 19.1. The van der Waals surface area contributed by atoms with Crippen LogP contribution in [-0.2, 0) is 14.4 Å². The van der Waals surface area contributed by atoms with Gasteiger partial charge in [-0.2, -0.15) is 0 Å². The number of nitrogens with one attached hydrogen (secondary N) is 2. The molecule has 6 nitrogen and oxygen atoms in total. The first-order chi connectivity index (χ1) is 7.54. The van der Waals surface area contributed by atoms with E-state index in [1.807, 2.05) is 6.92 Å². The zero-order valence-electron chi connectivity index (χ0n) is 9.58. The van der Waals surface area contributed by atoms with Crippen LogP contribution in [0.1, 0.15) is 13.3 Å². The number of amides is 3. The molecule has 0 saturated carbocycles. The molecule has 2 N–H and O–H groups in total. The second-order valence-corrected chi connectivity index (χ2v) is 3.85. The van der Waals surface area contributed by atoms with E-state index >= 15 is 0 Å². The molecule has 0 aliphatic carbocycles. The Hall–Kier alpha value is -1.59. The second kappa shape index (κ2) is 5.48. The second-order valence-electron chi connectivity index (χ2n) is 3.85. The Morgan fingerprint density at radius 2 is 2.25 bits per heavy atom. The van der Waals surface area contributed by atoms with Crippen molar-refractivity contribution in [2.24, 2.45) is 5.92 Å². The molecular formula is C10H17N3O3. The van der Waals surface area contributed by atoms with Gasteiger partial charge in [-0.25, -0.2) is 0 Å². The maximum atomic E-state index is 11.8. The fourth-order valence-corrected chi connectivity index (χ4v) is 1.64. The Balaban J connectivity index is 2.41. The highest BCUT2D eigenvalue weighted by Crippen LogP contribution is 2.11. The van der Waals surface area contributed by atoms with Gasteiger partial charge in [0, 0.05) is 26.6 Å². The third-order valence-corrected chi connectivity index (χ3v) is 2.46. The van der Waals surface area contributed by atoms with E-state index in [-0.39, 0.29) is 36.6 Å². The molecule has 3 amide bonds. The van der Waals surface area contributed by atoms with Crippen molar-refractivity contribution < 1.29 is 14.4 Å². The summed E-state index contributed by atoms with van der Waals surface area (Å²) in [5, 5.41) is 5.21. The van der Waals surface area contributed by atoms with Gasteiger partial charge in [-0.05, 0) is 6.92 Å². The van der Waals surface area contributed by atoms with Crippen molar-refractivity contribution in [3.63, 3.8) is 0 Å². The lowest BCUT2D eigenvalue weighted by atomic mass is 10.1. The predicted octanol–water partition coefficient (Wildman–Crippen LogP) is -1.28. The standard InChI is InChI=1S/C10H17N3O3/c1-3-11-9(15)6-13(2)10(16)7-4-8(14)12-5-7/h7H,3-6H2,1-2H3,(H,11,15)(H,12,14). The van der Waals surface area contributed by atoms with Gasteiger partial charge in [0.05, 0.1) is 12.5 Å². The number of rotatable bonds is 4. The van der Waals surface area contributed by atoms with Crippen molar-refractivity contribution in [3.8, 4) is 0 Å². The zero-order valence-corrected chi connectivity index (χ0v) is 9.58. The minimum Gasteiger partial charge on any atom is -0.355 e. The summed E-state index contributed by atoms with van der Waals surface area (Å²) in [6, 6.07) is 0. The molecule has 1 unspecified atom stereocenters. The summed E-state index contributed by atoms with van der Waals surface area (Å²) in [5.74, 6) is -0.781. The van der Waals surface area contributed by atoms with Gasteiger partial charge < -0.3 is 15.5 Å². The first-order valence-electron chi connectivity index (χ1n) is 5.33. The van der Waals surface area contributed by atoms with Crippen molar-refractivity contribution >= 4 is 17.7 Å². The van der Waals surface area contributed by atoms with Crippen LogP contribution < -0.4 is 10.6 Å². The van der Waals surface area contributed by atoms with Crippen LogP contribution in [-0.4, -0.2) is 49.3 Å². The summed E-state index contributed by atoms with van der Waals surface area (Å²) >= 11 is 0. The van der Waals surface area contributed by atoms with Crippen LogP contribution in [0.3, 0.4) is 0 Å². The number of hydrogen-bond acceptors (Lipinski definition) is 3. The molecule has 0 bridgehead atoms. The molecule has 6 heteroatoms. The number of carbonyl (C=O) groups excluding carboxylic acids is 3. The van der Waals surface area contributed by atoms with Crippen LogP contribution in [0, 0.1) is 5.92 Å². The highest BCUT2D eigenvalue weighted by atomic mass is 16.2. The Labute approximate surface area is 94.4 Å². The van der Waals surface area contributed by atoms with E-state index in [2.05, 4.69) is 10.6 Å². The van der Waals surface area contributed by atoms with E-state index in [1.165, 1.54) is 4.90 Å². The molecule has 0 aromatic heterocycles. The van der Waals surface area contributed by atoms with Crippen molar-refractivity contribution in [2.45, 2.75) is 13.3 Å². The summed E-state index contributed by atoms with van der Waals surface area (Å²) in [4.78, 5) is 35.3. The van der Waals surface area contributed by atoms with Gasteiger partial charge >= 0.3 is 0 Å². The van der Waals surface area contributed by atoms with Crippen molar-refractivity contribution in [3.05, 3.63) is 0 Å². The Morgan fingerprint density at radius 3 is 2.75 bits per heavy atom. The number of carbonyl (C=O) groups is 3. The van der Waals surface area contributed by atoms with Crippen LogP contribution >= 0.6 is 0 Å². The van der Waals surface area contributed by atoms with Crippen LogP contribution in [0.25, 0.3) is 0 Å². The molecule has 1 saturated heterocycles. The molecule has 0 aromatic carbocycles. The molecule has 1 aliphatic rings. The predicted molar refractivity (Wildman–Crippen MR) is 57.4 cm³/mol. The van der Waals surface area contributed by atoms with Crippen LogP contribution in [0.2, 0.25) is 0 Å². The van der Waals surface area contributed by atoms with Gasteiger partial charge in [0.15, 0.2) is 0 Å². The van der Waals surface area contributed by atoms with Crippen molar-refractivity contribution in [1.29, 1.82) is 0 Å². The highest BCUT2D eigenvalue weighted by molar-refractivity contribution is 5.91.